The molecule has 1 aromatic carbocycles. The minimum atomic E-state index is 0.488. The molecule has 0 aliphatic rings. The molecule has 0 aliphatic carbocycles. The number of aromatic nitrogens is 1. The fourth-order valence-corrected chi connectivity index (χ4v) is 1.94. The van der Waals surface area contributed by atoms with Crippen molar-refractivity contribution in [1.82, 2.24) is 4.98 Å². The summed E-state index contributed by atoms with van der Waals surface area (Å²) in [6.07, 6.45) is 1.79. The highest BCUT2D eigenvalue weighted by molar-refractivity contribution is 7.80. The minimum absolute atomic E-state index is 0.488. The first-order valence-electron chi connectivity index (χ1n) is 5.82. The fourth-order valence-electron chi connectivity index (χ4n) is 1.55. The first-order chi connectivity index (χ1) is 9.06. The molecule has 98 valence electrons. The van der Waals surface area contributed by atoms with E-state index in [-0.39, 0.29) is 0 Å². The number of halogens is 1. The lowest BCUT2D eigenvalue weighted by molar-refractivity contribution is 1.27. The lowest BCUT2D eigenvalue weighted by atomic mass is 10.2. The molecule has 2 N–H and O–H groups in total. The molecule has 0 radical (unpaired) electrons. The van der Waals surface area contributed by atoms with Crippen LogP contribution in [0.1, 0.15) is 11.1 Å². The second-order valence-corrected chi connectivity index (χ2v) is 5.03. The van der Waals surface area contributed by atoms with Gasteiger partial charge in [0.2, 0.25) is 0 Å². The van der Waals surface area contributed by atoms with Gasteiger partial charge < -0.3 is 10.6 Å². The van der Waals surface area contributed by atoms with Gasteiger partial charge in [-0.05, 0) is 55.4 Å². The van der Waals surface area contributed by atoms with Crippen LogP contribution < -0.4 is 10.6 Å². The highest BCUT2D eigenvalue weighted by Crippen LogP contribution is 2.23. The molecule has 0 fully saturated rings. The quantitative estimate of drug-likeness (QED) is 0.815. The van der Waals surface area contributed by atoms with Crippen LogP contribution in [-0.4, -0.2) is 10.1 Å². The van der Waals surface area contributed by atoms with Gasteiger partial charge in [0.1, 0.15) is 5.82 Å². The molecule has 0 atom stereocenters. The third-order valence-electron chi connectivity index (χ3n) is 2.67. The summed E-state index contributed by atoms with van der Waals surface area (Å²) in [5.74, 6) is 0.711. The molecule has 19 heavy (non-hydrogen) atoms. The highest BCUT2D eigenvalue weighted by Gasteiger charge is 2.04. The van der Waals surface area contributed by atoms with Crippen LogP contribution in [0.5, 0.6) is 0 Å². The Morgan fingerprint density at radius 3 is 2.63 bits per heavy atom. The van der Waals surface area contributed by atoms with Crippen molar-refractivity contribution in [2.24, 2.45) is 0 Å². The number of hydrogen-bond acceptors (Lipinski definition) is 2. The fraction of sp³-hybridized carbons (Fsp3) is 0.143. The molecule has 0 saturated heterocycles. The van der Waals surface area contributed by atoms with Crippen LogP contribution >= 0.6 is 23.8 Å². The molecule has 2 aromatic rings. The van der Waals surface area contributed by atoms with Crippen LogP contribution in [0.3, 0.4) is 0 Å². The molecule has 1 heterocycles. The van der Waals surface area contributed by atoms with E-state index in [1.165, 1.54) is 0 Å². The molecular weight excluding hydrogens is 278 g/mol. The maximum absolute atomic E-state index is 6.06. The van der Waals surface area contributed by atoms with Gasteiger partial charge in [0.15, 0.2) is 5.11 Å². The van der Waals surface area contributed by atoms with Crippen molar-refractivity contribution >= 4 is 40.4 Å². The zero-order chi connectivity index (χ0) is 13.8. The normalized spacial score (nSPS) is 10.1. The second-order valence-electron chi connectivity index (χ2n) is 4.21. The number of anilines is 2. The summed E-state index contributed by atoms with van der Waals surface area (Å²) < 4.78 is 0. The highest BCUT2D eigenvalue weighted by atomic mass is 35.5. The molecule has 0 bridgehead atoms. The van der Waals surface area contributed by atoms with Crippen LogP contribution in [0.15, 0.2) is 36.5 Å². The van der Waals surface area contributed by atoms with E-state index in [2.05, 4.69) is 15.6 Å². The Kier molecular flexibility index (Phi) is 4.35. The van der Waals surface area contributed by atoms with Crippen molar-refractivity contribution in [3.05, 3.63) is 52.7 Å². The van der Waals surface area contributed by atoms with Crippen LogP contribution in [0.4, 0.5) is 11.5 Å². The molecular formula is C14H14ClN3S. The Bertz CT molecular complexity index is 596. The Morgan fingerprint density at radius 1 is 1.16 bits per heavy atom. The van der Waals surface area contributed by atoms with Gasteiger partial charge in [0.25, 0.3) is 0 Å². The molecule has 0 unspecified atom stereocenters. The van der Waals surface area contributed by atoms with Gasteiger partial charge in [0.05, 0.1) is 0 Å². The van der Waals surface area contributed by atoms with E-state index in [1.54, 1.807) is 6.20 Å². The van der Waals surface area contributed by atoms with Gasteiger partial charge in [0, 0.05) is 16.9 Å². The number of hydrogen-bond donors (Lipinski definition) is 2. The molecule has 2 rings (SSSR count). The number of nitrogens with zero attached hydrogens (tertiary/aromatic N) is 1. The van der Waals surface area contributed by atoms with E-state index in [0.29, 0.717) is 16.0 Å². The minimum Gasteiger partial charge on any atom is -0.332 e. The van der Waals surface area contributed by atoms with Crippen molar-refractivity contribution in [3.63, 3.8) is 0 Å². The molecule has 5 heteroatoms. The predicted molar refractivity (Wildman–Crippen MR) is 85.0 cm³/mol. The number of thiocarbonyl (C=S) groups is 1. The van der Waals surface area contributed by atoms with Crippen molar-refractivity contribution in [1.29, 1.82) is 0 Å². The summed E-state index contributed by atoms with van der Waals surface area (Å²) >= 11 is 11.3. The van der Waals surface area contributed by atoms with Gasteiger partial charge in [-0.3, -0.25) is 0 Å². The Morgan fingerprint density at radius 2 is 1.95 bits per heavy atom. The lowest BCUT2D eigenvalue weighted by Gasteiger charge is -2.12. The van der Waals surface area contributed by atoms with Gasteiger partial charge in [-0.25, -0.2) is 4.98 Å². The Labute approximate surface area is 123 Å². The summed E-state index contributed by atoms with van der Waals surface area (Å²) in [6.45, 7) is 3.93. The largest absolute Gasteiger partial charge is 0.332 e. The van der Waals surface area contributed by atoms with E-state index in [1.807, 2.05) is 44.2 Å². The van der Waals surface area contributed by atoms with E-state index in [9.17, 15) is 0 Å². The number of pyridine rings is 1. The van der Waals surface area contributed by atoms with Crippen molar-refractivity contribution in [3.8, 4) is 0 Å². The third-order valence-corrected chi connectivity index (χ3v) is 3.28. The standard InChI is InChI=1S/C14H14ClN3S/c1-9-6-7-13(16-8-9)18-14(19)17-12-5-3-4-11(15)10(12)2/h3-8H,1-2H3,(H2,16,17,18,19). The average Bonchev–Trinajstić information content (AvgIpc) is 2.38. The second kappa shape index (κ2) is 5.99. The number of rotatable bonds is 2. The predicted octanol–water partition coefficient (Wildman–Crippen LogP) is 4.16. The summed E-state index contributed by atoms with van der Waals surface area (Å²) in [4.78, 5) is 4.24. The Hall–Kier alpha value is -1.65. The number of aryl methyl sites for hydroxylation is 1. The summed E-state index contributed by atoms with van der Waals surface area (Å²) in [7, 11) is 0. The van der Waals surface area contributed by atoms with Gasteiger partial charge in [-0.1, -0.05) is 23.7 Å². The topological polar surface area (TPSA) is 37.0 Å². The first-order valence-corrected chi connectivity index (χ1v) is 6.60. The zero-order valence-corrected chi connectivity index (χ0v) is 12.3. The number of benzene rings is 1. The van der Waals surface area contributed by atoms with Crippen LogP contribution in [0.2, 0.25) is 5.02 Å². The maximum atomic E-state index is 6.06. The molecule has 0 spiro atoms. The average molecular weight is 292 g/mol. The molecule has 1 aromatic heterocycles. The van der Waals surface area contributed by atoms with Gasteiger partial charge in [-0.2, -0.15) is 0 Å². The summed E-state index contributed by atoms with van der Waals surface area (Å²) in [5.41, 5.74) is 2.96. The SMILES string of the molecule is Cc1ccc(NC(=S)Nc2cccc(Cl)c2C)nc1. The third kappa shape index (κ3) is 3.66. The van der Waals surface area contributed by atoms with Gasteiger partial charge >= 0.3 is 0 Å². The molecule has 0 amide bonds. The summed E-state index contributed by atoms with van der Waals surface area (Å²) in [6, 6.07) is 9.51. The van der Waals surface area contributed by atoms with Crippen LogP contribution in [-0.2, 0) is 0 Å². The van der Waals surface area contributed by atoms with Gasteiger partial charge in [-0.15, -0.1) is 0 Å². The van der Waals surface area contributed by atoms with E-state index in [0.717, 1.165) is 16.8 Å². The maximum Gasteiger partial charge on any atom is 0.176 e. The number of nitrogens with one attached hydrogen (secondary N) is 2. The monoisotopic (exact) mass is 291 g/mol. The smallest absolute Gasteiger partial charge is 0.176 e. The Balaban J connectivity index is 2.05. The zero-order valence-electron chi connectivity index (χ0n) is 10.7. The molecule has 3 nitrogen and oxygen atoms in total. The van der Waals surface area contributed by atoms with E-state index >= 15 is 0 Å². The van der Waals surface area contributed by atoms with Crippen molar-refractivity contribution in [2.45, 2.75) is 13.8 Å². The lowest BCUT2D eigenvalue weighted by Crippen LogP contribution is -2.20. The van der Waals surface area contributed by atoms with Crippen molar-refractivity contribution in [2.75, 3.05) is 10.6 Å². The van der Waals surface area contributed by atoms with Crippen LogP contribution in [0.25, 0.3) is 0 Å². The van der Waals surface area contributed by atoms with Crippen LogP contribution in [0, 0.1) is 13.8 Å². The first kappa shape index (κ1) is 13.8. The van der Waals surface area contributed by atoms with Crippen molar-refractivity contribution < 1.29 is 0 Å². The molecule has 0 aliphatic heterocycles. The summed E-state index contributed by atoms with van der Waals surface area (Å²) in [5, 5.41) is 7.34. The molecule has 0 saturated carbocycles. The van der Waals surface area contributed by atoms with E-state index < -0.39 is 0 Å². The van der Waals surface area contributed by atoms with E-state index in [4.69, 9.17) is 23.8 Å².